The number of aliphatic imine (C=N–C) groups is 1. The molecule has 2 unspecified atom stereocenters. The van der Waals surface area contributed by atoms with Crippen LogP contribution in [0.4, 0.5) is 0 Å². The number of thiophene rings is 1. The summed E-state index contributed by atoms with van der Waals surface area (Å²) in [7, 11) is 2.26. The summed E-state index contributed by atoms with van der Waals surface area (Å²) in [6.45, 7) is 10.6. The van der Waals surface area contributed by atoms with Crippen molar-refractivity contribution in [2.45, 2.75) is 46.1 Å². The zero-order valence-electron chi connectivity index (χ0n) is 15.7. The smallest absolute Gasteiger partial charge is 0.191 e. The normalized spacial score (nSPS) is 22.8. The van der Waals surface area contributed by atoms with Gasteiger partial charge < -0.3 is 10.6 Å². The van der Waals surface area contributed by atoms with Crippen LogP contribution in [0.5, 0.6) is 0 Å². The van der Waals surface area contributed by atoms with Crippen LogP contribution < -0.4 is 10.6 Å². The summed E-state index contributed by atoms with van der Waals surface area (Å²) in [4.78, 5) is 8.89. The van der Waals surface area contributed by atoms with Gasteiger partial charge in [0.1, 0.15) is 0 Å². The molecule has 24 heavy (non-hydrogen) atoms. The number of rotatable bonds is 7. The fourth-order valence-corrected chi connectivity index (χ4v) is 4.37. The van der Waals surface area contributed by atoms with Crippen molar-refractivity contribution in [3.63, 3.8) is 0 Å². The number of hydrogen-bond donors (Lipinski definition) is 2. The number of nitrogens with one attached hydrogen (secondary N) is 2. The first kappa shape index (κ1) is 19.3. The zero-order valence-corrected chi connectivity index (χ0v) is 16.5. The third kappa shape index (κ3) is 5.78. The van der Waals surface area contributed by atoms with E-state index in [1.54, 1.807) is 0 Å². The fourth-order valence-electron chi connectivity index (χ4n) is 3.39. The monoisotopic (exact) mass is 350 g/mol. The van der Waals surface area contributed by atoms with Crippen molar-refractivity contribution < 1.29 is 0 Å². The highest BCUT2D eigenvalue weighted by Crippen LogP contribution is 2.37. The molecule has 5 heteroatoms. The van der Waals surface area contributed by atoms with Crippen LogP contribution in [0.3, 0.4) is 0 Å². The Labute approximate surface area is 151 Å². The fraction of sp³-hybridized carbons (Fsp3) is 0.737. The molecule has 0 radical (unpaired) electrons. The van der Waals surface area contributed by atoms with Crippen molar-refractivity contribution in [3.8, 4) is 0 Å². The Kier molecular flexibility index (Phi) is 8.06. The van der Waals surface area contributed by atoms with Gasteiger partial charge in [0.15, 0.2) is 5.96 Å². The molecule has 1 aliphatic rings. The maximum absolute atomic E-state index is 4.90. The van der Waals surface area contributed by atoms with Crippen LogP contribution >= 0.6 is 11.3 Å². The van der Waals surface area contributed by atoms with E-state index in [4.69, 9.17) is 4.99 Å². The van der Waals surface area contributed by atoms with Crippen molar-refractivity contribution in [2.75, 3.05) is 33.2 Å². The second-order valence-corrected chi connectivity index (χ2v) is 8.15. The molecule has 0 saturated carbocycles. The second-order valence-electron chi connectivity index (χ2n) is 7.17. The van der Waals surface area contributed by atoms with Gasteiger partial charge in [0.2, 0.25) is 0 Å². The van der Waals surface area contributed by atoms with E-state index in [1.165, 1.54) is 30.7 Å². The highest BCUT2D eigenvalue weighted by molar-refractivity contribution is 7.10. The lowest BCUT2D eigenvalue weighted by atomic mass is 9.88. The number of nitrogens with zero attached hydrogens (tertiary/aromatic N) is 2. The highest BCUT2D eigenvalue weighted by atomic mass is 32.1. The Morgan fingerprint density at radius 3 is 2.92 bits per heavy atom. The maximum Gasteiger partial charge on any atom is 0.191 e. The first-order chi connectivity index (χ1) is 11.6. The van der Waals surface area contributed by atoms with Crippen molar-refractivity contribution in [1.82, 2.24) is 15.5 Å². The van der Waals surface area contributed by atoms with Crippen LogP contribution in [0.15, 0.2) is 22.5 Å². The summed E-state index contributed by atoms with van der Waals surface area (Å²) in [6.07, 6.45) is 3.71. The summed E-state index contributed by atoms with van der Waals surface area (Å²) in [6, 6.07) is 4.96. The molecule has 4 nitrogen and oxygen atoms in total. The molecule has 0 amide bonds. The Hall–Kier alpha value is -1.07. The van der Waals surface area contributed by atoms with Crippen LogP contribution in [-0.2, 0) is 0 Å². The Balaban J connectivity index is 1.99. The first-order valence-electron chi connectivity index (χ1n) is 9.37. The third-order valence-corrected chi connectivity index (χ3v) is 5.63. The number of hydrogen-bond acceptors (Lipinski definition) is 3. The highest BCUT2D eigenvalue weighted by Gasteiger charge is 2.31. The minimum Gasteiger partial charge on any atom is -0.357 e. The second kappa shape index (κ2) is 10.0. The Bertz CT molecular complexity index is 484. The van der Waals surface area contributed by atoms with E-state index in [2.05, 4.69) is 60.9 Å². The van der Waals surface area contributed by atoms with E-state index in [9.17, 15) is 0 Å². The molecular weight excluding hydrogens is 316 g/mol. The van der Waals surface area contributed by atoms with E-state index in [0.29, 0.717) is 12.0 Å². The van der Waals surface area contributed by atoms with Crippen molar-refractivity contribution in [1.29, 1.82) is 0 Å². The minimum atomic E-state index is 0.515. The molecule has 1 saturated heterocycles. The summed E-state index contributed by atoms with van der Waals surface area (Å²) >= 11 is 1.88. The molecule has 0 aliphatic carbocycles. The van der Waals surface area contributed by atoms with Gasteiger partial charge in [0, 0.05) is 30.6 Å². The summed E-state index contributed by atoms with van der Waals surface area (Å²) in [5.74, 6) is 2.29. The molecule has 0 bridgehead atoms. The van der Waals surface area contributed by atoms with Crippen LogP contribution in [-0.4, -0.2) is 44.1 Å². The predicted molar refractivity (Wildman–Crippen MR) is 106 cm³/mol. The number of likely N-dealkylation sites (tertiary alicyclic amines) is 1. The lowest BCUT2D eigenvalue weighted by Gasteiger charge is -2.38. The van der Waals surface area contributed by atoms with Gasteiger partial charge in [-0.05, 0) is 63.1 Å². The molecule has 1 aromatic rings. The Morgan fingerprint density at radius 2 is 2.25 bits per heavy atom. The average molecular weight is 351 g/mol. The molecule has 1 aromatic heterocycles. The molecule has 2 rings (SSSR count). The van der Waals surface area contributed by atoms with Crippen LogP contribution in [0.1, 0.15) is 51.0 Å². The molecule has 1 fully saturated rings. The van der Waals surface area contributed by atoms with Crippen molar-refractivity contribution in [3.05, 3.63) is 22.4 Å². The SMILES string of the molecule is CCNC(=NCC1CCCN(C)C1c1cccs1)NCCC(C)C. The zero-order chi connectivity index (χ0) is 17.4. The third-order valence-electron chi connectivity index (χ3n) is 4.68. The lowest BCUT2D eigenvalue weighted by molar-refractivity contribution is 0.128. The van der Waals surface area contributed by atoms with Crippen molar-refractivity contribution in [2.24, 2.45) is 16.8 Å². The summed E-state index contributed by atoms with van der Waals surface area (Å²) < 4.78 is 0. The minimum absolute atomic E-state index is 0.515. The van der Waals surface area contributed by atoms with Crippen LogP contribution in [0.2, 0.25) is 0 Å². The van der Waals surface area contributed by atoms with E-state index in [-0.39, 0.29) is 0 Å². The van der Waals surface area contributed by atoms with Crippen LogP contribution in [0, 0.1) is 11.8 Å². The van der Waals surface area contributed by atoms with Gasteiger partial charge >= 0.3 is 0 Å². The van der Waals surface area contributed by atoms with E-state index < -0.39 is 0 Å². The van der Waals surface area contributed by atoms with Gasteiger partial charge in [-0.15, -0.1) is 11.3 Å². The van der Waals surface area contributed by atoms with Gasteiger partial charge in [-0.25, -0.2) is 0 Å². The lowest BCUT2D eigenvalue weighted by Crippen LogP contribution is -2.40. The molecular formula is C19H34N4S. The topological polar surface area (TPSA) is 39.7 Å². The molecule has 2 N–H and O–H groups in total. The van der Waals surface area contributed by atoms with Crippen molar-refractivity contribution >= 4 is 17.3 Å². The summed E-state index contributed by atoms with van der Waals surface area (Å²) in [5.41, 5.74) is 0. The largest absolute Gasteiger partial charge is 0.357 e. The average Bonchev–Trinajstić information content (AvgIpc) is 3.06. The quantitative estimate of drug-likeness (QED) is 0.581. The number of piperidine rings is 1. The predicted octanol–water partition coefficient (Wildman–Crippen LogP) is 3.73. The number of guanidine groups is 1. The van der Waals surface area contributed by atoms with Gasteiger partial charge in [-0.2, -0.15) is 0 Å². The van der Waals surface area contributed by atoms with E-state index in [0.717, 1.165) is 31.5 Å². The Morgan fingerprint density at radius 1 is 1.42 bits per heavy atom. The maximum atomic E-state index is 4.90. The van der Waals surface area contributed by atoms with Gasteiger partial charge in [-0.1, -0.05) is 19.9 Å². The standard InChI is InChI=1S/C19H34N4S/c1-5-20-19(21-11-10-15(2)3)22-14-16-8-6-12-23(4)18(16)17-9-7-13-24-17/h7,9,13,15-16,18H,5-6,8,10-12,14H2,1-4H3,(H2,20,21,22). The van der Waals surface area contributed by atoms with Gasteiger partial charge in [-0.3, -0.25) is 9.89 Å². The van der Waals surface area contributed by atoms with E-state index in [1.807, 2.05) is 11.3 Å². The summed E-state index contributed by atoms with van der Waals surface area (Å²) in [5, 5.41) is 9.06. The van der Waals surface area contributed by atoms with Gasteiger partial charge in [0.05, 0.1) is 0 Å². The van der Waals surface area contributed by atoms with Crippen LogP contribution in [0.25, 0.3) is 0 Å². The molecule has 1 aliphatic heterocycles. The van der Waals surface area contributed by atoms with E-state index >= 15 is 0 Å². The van der Waals surface area contributed by atoms with Gasteiger partial charge in [0.25, 0.3) is 0 Å². The molecule has 0 aromatic carbocycles. The first-order valence-corrected chi connectivity index (χ1v) is 10.3. The molecule has 0 spiro atoms. The molecule has 136 valence electrons. The molecule has 2 atom stereocenters. The molecule has 2 heterocycles.